The molecule has 4 nitrogen and oxygen atoms in total. The summed E-state index contributed by atoms with van der Waals surface area (Å²) in [4.78, 5) is 12.4. The summed E-state index contributed by atoms with van der Waals surface area (Å²) in [5, 5.41) is 1.99. The topological polar surface area (TPSA) is 47.6 Å². The van der Waals surface area contributed by atoms with Crippen LogP contribution < -0.4 is 14.8 Å². The summed E-state index contributed by atoms with van der Waals surface area (Å²) >= 11 is 5.58. The second-order valence-corrected chi connectivity index (χ2v) is 5.75. The van der Waals surface area contributed by atoms with Crippen molar-refractivity contribution in [1.82, 2.24) is 0 Å². The van der Waals surface area contributed by atoms with Crippen LogP contribution in [0.25, 0.3) is 0 Å². The molecule has 0 aliphatic heterocycles. The molecule has 0 spiro atoms. The molecule has 2 rings (SSSR count). The van der Waals surface area contributed by atoms with E-state index < -0.39 is 28.8 Å². The highest BCUT2D eigenvalue weighted by molar-refractivity contribution is 6.31. The van der Waals surface area contributed by atoms with Gasteiger partial charge in [-0.25, -0.2) is 0 Å². The zero-order valence-electron chi connectivity index (χ0n) is 14.1. The van der Waals surface area contributed by atoms with E-state index in [4.69, 9.17) is 21.1 Å². The third-order valence-electron chi connectivity index (χ3n) is 3.54. The fourth-order valence-corrected chi connectivity index (χ4v) is 2.46. The molecule has 0 aliphatic rings. The second-order valence-electron chi connectivity index (χ2n) is 5.35. The summed E-state index contributed by atoms with van der Waals surface area (Å²) in [7, 11) is 1.47. The molecule has 0 aromatic heterocycles. The Labute approximate surface area is 153 Å². The number of rotatable bonds is 6. The number of carbonyl (C=O) groups excluding carboxylic acids is 1. The Morgan fingerprint density at radius 3 is 2.42 bits per heavy atom. The number of anilines is 1. The van der Waals surface area contributed by atoms with E-state index in [1.165, 1.54) is 13.2 Å². The third-order valence-corrected chi connectivity index (χ3v) is 3.87. The first-order chi connectivity index (χ1) is 12.3. The number of hydrogen-bond acceptors (Lipinski definition) is 3. The van der Waals surface area contributed by atoms with E-state index in [0.717, 1.165) is 12.1 Å². The van der Waals surface area contributed by atoms with Crippen molar-refractivity contribution in [2.75, 3.05) is 12.4 Å². The molecule has 0 heterocycles. The molecule has 0 aliphatic carbocycles. The minimum Gasteiger partial charge on any atom is -0.493 e. The van der Waals surface area contributed by atoms with Crippen molar-refractivity contribution in [3.63, 3.8) is 0 Å². The predicted octanol–water partition coefficient (Wildman–Crippen LogP) is 5.16. The number of carbonyl (C=O) groups is 1. The number of para-hydroxylation sites is 2. The lowest BCUT2D eigenvalue weighted by molar-refractivity contribution is -0.137. The van der Waals surface area contributed by atoms with Gasteiger partial charge in [-0.1, -0.05) is 30.7 Å². The number of benzene rings is 2. The van der Waals surface area contributed by atoms with Gasteiger partial charge in [-0.15, -0.1) is 0 Å². The molecular weight excluding hydrogens is 371 g/mol. The van der Waals surface area contributed by atoms with E-state index in [-0.39, 0.29) is 5.69 Å². The van der Waals surface area contributed by atoms with Gasteiger partial charge in [0.15, 0.2) is 17.6 Å². The van der Waals surface area contributed by atoms with Crippen LogP contribution in [0.1, 0.15) is 18.9 Å². The number of amides is 1. The molecule has 1 atom stereocenters. The van der Waals surface area contributed by atoms with Crippen molar-refractivity contribution in [2.24, 2.45) is 0 Å². The van der Waals surface area contributed by atoms with Crippen LogP contribution in [0, 0.1) is 0 Å². The molecule has 0 bridgehead atoms. The van der Waals surface area contributed by atoms with Crippen LogP contribution >= 0.6 is 11.6 Å². The summed E-state index contributed by atoms with van der Waals surface area (Å²) in [5.74, 6) is 0.238. The van der Waals surface area contributed by atoms with Crippen molar-refractivity contribution in [1.29, 1.82) is 0 Å². The van der Waals surface area contributed by atoms with E-state index in [0.29, 0.717) is 17.9 Å². The SMILES string of the molecule is CC[C@@H](Oc1ccccc1OC)C(=O)Nc1ccc(Cl)c(C(F)(F)F)c1. The third kappa shape index (κ3) is 4.82. The van der Waals surface area contributed by atoms with E-state index >= 15 is 0 Å². The highest BCUT2D eigenvalue weighted by Crippen LogP contribution is 2.36. The molecule has 0 unspecified atom stereocenters. The molecule has 8 heteroatoms. The number of hydrogen-bond donors (Lipinski definition) is 1. The molecule has 0 saturated carbocycles. The van der Waals surface area contributed by atoms with Crippen LogP contribution in [0.5, 0.6) is 11.5 Å². The van der Waals surface area contributed by atoms with Crippen LogP contribution in [0.4, 0.5) is 18.9 Å². The number of alkyl halides is 3. The lowest BCUT2D eigenvalue weighted by Gasteiger charge is -2.19. The molecule has 2 aromatic carbocycles. The highest BCUT2D eigenvalue weighted by Gasteiger charge is 2.33. The van der Waals surface area contributed by atoms with Crippen molar-refractivity contribution in [2.45, 2.75) is 25.6 Å². The van der Waals surface area contributed by atoms with Crippen LogP contribution in [0.3, 0.4) is 0 Å². The molecule has 2 aromatic rings. The van der Waals surface area contributed by atoms with Crippen LogP contribution in [0.15, 0.2) is 42.5 Å². The Morgan fingerprint density at radius 1 is 1.19 bits per heavy atom. The summed E-state index contributed by atoms with van der Waals surface area (Å²) < 4.78 is 49.6. The van der Waals surface area contributed by atoms with Gasteiger partial charge in [0.05, 0.1) is 17.7 Å². The van der Waals surface area contributed by atoms with Crippen molar-refractivity contribution in [3.8, 4) is 11.5 Å². The Kier molecular flexibility index (Phi) is 6.37. The smallest absolute Gasteiger partial charge is 0.417 e. The fraction of sp³-hybridized carbons (Fsp3) is 0.278. The lowest BCUT2D eigenvalue weighted by Crippen LogP contribution is -2.32. The quantitative estimate of drug-likeness (QED) is 0.744. The van der Waals surface area contributed by atoms with E-state index in [2.05, 4.69) is 5.32 Å². The maximum atomic E-state index is 12.9. The Bertz CT molecular complexity index is 781. The van der Waals surface area contributed by atoms with Gasteiger partial charge in [-0.3, -0.25) is 4.79 Å². The van der Waals surface area contributed by atoms with E-state index in [9.17, 15) is 18.0 Å². The van der Waals surface area contributed by atoms with Gasteiger partial charge in [0.25, 0.3) is 5.91 Å². The van der Waals surface area contributed by atoms with Gasteiger partial charge in [-0.2, -0.15) is 13.2 Å². The van der Waals surface area contributed by atoms with Gasteiger partial charge >= 0.3 is 6.18 Å². The summed E-state index contributed by atoms with van der Waals surface area (Å²) in [6.07, 6.45) is -5.21. The monoisotopic (exact) mass is 387 g/mol. The van der Waals surface area contributed by atoms with Gasteiger partial charge in [-0.05, 0) is 36.8 Å². The first-order valence-electron chi connectivity index (χ1n) is 7.73. The molecule has 1 amide bonds. The molecule has 26 heavy (non-hydrogen) atoms. The maximum Gasteiger partial charge on any atom is 0.417 e. The van der Waals surface area contributed by atoms with Crippen molar-refractivity contribution in [3.05, 3.63) is 53.1 Å². The zero-order valence-corrected chi connectivity index (χ0v) is 14.8. The molecular formula is C18H17ClF3NO3. The minimum atomic E-state index is -4.62. The largest absolute Gasteiger partial charge is 0.493 e. The Morgan fingerprint density at radius 2 is 1.85 bits per heavy atom. The number of ether oxygens (including phenoxy) is 2. The van der Waals surface area contributed by atoms with Crippen LogP contribution in [-0.4, -0.2) is 19.1 Å². The molecule has 0 fully saturated rings. The van der Waals surface area contributed by atoms with Gasteiger partial charge in [0, 0.05) is 5.69 Å². The van der Waals surface area contributed by atoms with Gasteiger partial charge < -0.3 is 14.8 Å². The normalized spacial score (nSPS) is 12.4. The van der Waals surface area contributed by atoms with Crippen LogP contribution in [0.2, 0.25) is 5.02 Å². The summed E-state index contributed by atoms with van der Waals surface area (Å²) in [6, 6.07) is 9.95. The highest BCUT2D eigenvalue weighted by atomic mass is 35.5. The Balaban J connectivity index is 2.17. The van der Waals surface area contributed by atoms with E-state index in [1.54, 1.807) is 31.2 Å². The fourth-order valence-electron chi connectivity index (χ4n) is 2.23. The molecule has 140 valence electrons. The van der Waals surface area contributed by atoms with E-state index in [1.807, 2.05) is 0 Å². The average molecular weight is 388 g/mol. The summed E-state index contributed by atoms with van der Waals surface area (Å²) in [5.41, 5.74) is -1.04. The summed E-state index contributed by atoms with van der Waals surface area (Å²) in [6.45, 7) is 1.72. The second kappa shape index (κ2) is 8.31. The maximum absolute atomic E-state index is 12.9. The van der Waals surface area contributed by atoms with Crippen LogP contribution in [-0.2, 0) is 11.0 Å². The zero-order chi connectivity index (χ0) is 19.3. The molecule has 0 saturated heterocycles. The molecule has 0 radical (unpaired) electrons. The van der Waals surface area contributed by atoms with Crippen molar-refractivity contribution < 1.29 is 27.4 Å². The number of methoxy groups -OCH3 is 1. The first kappa shape index (κ1) is 19.9. The van der Waals surface area contributed by atoms with Gasteiger partial charge in [0.2, 0.25) is 0 Å². The minimum absolute atomic E-state index is 0.0196. The first-order valence-corrected chi connectivity index (χ1v) is 8.11. The number of halogens is 4. The Hall–Kier alpha value is -2.41. The average Bonchev–Trinajstić information content (AvgIpc) is 2.60. The molecule has 1 N–H and O–H groups in total. The lowest BCUT2D eigenvalue weighted by atomic mass is 10.1. The standard InChI is InChI=1S/C18H17ClF3NO3/c1-3-14(26-16-7-5-4-6-15(16)25-2)17(24)23-11-8-9-13(19)12(10-11)18(20,21)22/h4-10,14H,3H2,1-2H3,(H,23,24)/t14-/m1/s1. The number of nitrogens with one attached hydrogen (secondary N) is 1. The van der Waals surface area contributed by atoms with Gasteiger partial charge in [0.1, 0.15) is 0 Å². The predicted molar refractivity (Wildman–Crippen MR) is 92.8 cm³/mol. The van der Waals surface area contributed by atoms with Crippen molar-refractivity contribution >= 4 is 23.2 Å².